The summed E-state index contributed by atoms with van der Waals surface area (Å²) in [5.74, 6) is 2.05. The fourth-order valence-corrected chi connectivity index (χ4v) is 3.53. The first-order valence-corrected chi connectivity index (χ1v) is 7.44. The minimum atomic E-state index is 0.547. The summed E-state index contributed by atoms with van der Waals surface area (Å²) in [5.41, 5.74) is 0.943. The molecule has 17 heavy (non-hydrogen) atoms. The van der Waals surface area contributed by atoms with E-state index in [-0.39, 0.29) is 0 Å². The molecule has 2 heterocycles. The Morgan fingerprint density at radius 2 is 2.35 bits per heavy atom. The van der Waals surface area contributed by atoms with Crippen molar-refractivity contribution in [2.75, 3.05) is 18.8 Å². The number of hydrogen-bond acceptors (Lipinski definition) is 4. The molecule has 0 N–H and O–H groups in total. The number of nitrogens with zero attached hydrogens (tertiary/aromatic N) is 3. The van der Waals surface area contributed by atoms with Gasteiger partial charge in [-0.2, -0.15) is 11.8 Å². The van der Waals surface area contributed by atoms with Gasteiger partial charge in [0.1, 0.15) is 11.0 Å². The van der Waals surface area contributed by atoms with Crippen molar-refractivity contribution >= 4 is 23.4 Å². The van der Waals surface area contributed by atoms with Crippen LogP contribution in [0.5, 0.6) is 0 Å². The van der Waals surface area contributed by atoms with E-state index < -0.39 is 0 Å². The Labute approximate surface area is 112 Å². The molecule has 1 fully saturated rings. The van der Waals surface area contributed by atoms with E-state index in [4.69, 9.17) is 11.6 Å². The second-order valence-electron chi connectivity index (χ2n) is 4.38. The van der Waals surface area contributed by atoms with Crippen molar-refractivity contribution in [1.82, 2.24) is 14.9 Å². The largest absolute Gasteiger partial charge is 0.294 e. The van der Waals surface area contributed by atoms with Crippen LogP contribution in [-0.2, 0) is 6.54 Å². The Kier molecular flexibility index (Phi) is 4.65. The molecule has 1 atom stereocenters. The highest BCUT2D eigenvalue weighted by molar-refractivity contribution is 8.00. The molecular weight excluding hydrogens is 254 g/mol. The van der Waals surface area contributed by atoms with E-state index in [2.05, 4.69) is 33.6 Å². The van der Waals surface area contributed by atoms with Crippen LogP contribution in [0, 0.1) is 6.92 Å². The maximum atomic E-state index is 5.95. The molecule has 1 saturated heterocycles. The van der Waals surface area contributed by atoms with Crippen molar-refractivity contribution < 1.29 is 0 Å². The molecule has 2 rings (SSSR count). The Morgan fingerprint density at radius 3 is 3.06 bits per heavy atom. The fourth-order valence-electron chi connectivity index (χ4n) is 2.03. The van der Waals surface area contributed by atoms with Gasteiger partial charge in [-0.3, -0.25) is 4.90 Å². The van der Waals surface area contributed by atoms with Crippen LogP contribution >= 0.6 is 23.4 Å². The summed E-state index contributed by atoms with van der Waals surface area (Å²) in [6, 6.07) is 1.80. The first kappa shape index (κ1) is 13.1. The van der Waals surface area contributed by atoms with E-state index in [0.717, 1.165) is 36.4 Å². The second kappa shape index (κ2) is 6.03. The molecule has 1 aliphatic rings. The molecule has 0 spiro atoms. The zero-order chi connectivity index (χ0) is 12.3. The summed E-state index contributed by atoms with van der Waals surface area (Å²) >= 11 is 8.03. The standard InChI is InChI=1S/C12H18ClN3S/c1-3-10-7-16(4-5-17-10)8-12-14-9(2)6-11(13)15-12/h6,10H,3-5,7-8H2,1-2H3. The van der Waals surface area contributed by atoms with Gasteiger partial charge in [-0.05, 0) is 19.4 Å². The van der Waals surface area contributed by atoms with Crippen molar-refractivity contribution in [1.29, 1.82) is 0 Å². The lowest BCUT2D eigenvalue weighted by Crippen LogP contribution is -2.37. The second-order valence-corrected chi connectivity index (χ2v) is 6.18. The number of thioether (sulfide) groups is 1. The molecule has 0 amide bonds. The van der Waals surface area contributed by atoms with Crippen molar-refractivity contribution in [2.45, 2.75) is 32.1 Å². The van der Waals surface area contributed by atoms with Crippen molar-refractivity contribution in [2.24, 2.45) is 0 Å². The third-order valence-electron chi connectivity index (χ3n) is 2.91. The van der Waals surface area contributed by atoms with Gasteiger partial charge >= 0.3 is 0 Å². The summed E-state index contributed by atoms with van der Waals surface area (Å²) < 4.78 is 0. The lowest BCUT2D eigenvalue weighted by molar-refractivity contribution is 0.266. The topological polar surface area (TPSA) is 29.0 Å². The number of halogens is 1. The van der Waals surface area contributed by atoms with Gasteiger partial charge in [0.05, 0.1) is 6.54 Å². The average Bonchev–Trinajstić information content (AvgIpc) is 2.28. The lowest BCUT2D eigenvalue weighted by atomic mass is 10.3. The summed E-state index contributed by atoms with van der Waals surface area (Å²) in [7, 11) is 0. The number of aromatic nitrogens is 2. The van der Waals surface area contributed by atoms with Crippen LogP contribution in [0.3, 0.4) is 0 Å². The molecule has 0 bridgehead atoms. The van der Waals surface area contributed by atoms with E-state index >= 15 is 0 Å². The Morgan fingerprint density at radius 1 is 1.53 bits per heavy atom. The highest BCUT2D eigenvalue weighted by Gasteiger charge is 2.19. The highest BCUT2D eigenvalue weighted by Crippen LogP contribution is 2.22. The first-order valence-electron chi connectivity index (χ1n) is 6.01. The van der Waals surface area contributed by atoms with Gasteiger partial charge in [0.25, 0.3) is 0 Å². The normalized spacial score (nSPS) is 21.7. The lowest BCUT2D eigenvalue weighted by Gasteiger charge is -2.31. The Hall–Kier alpha value is -0.320. The molecule has 1 aliphatic heterocycles. The molecule has 3 nitrogen and oxygen atoms in total. The zero-order valence-electron chi connectivity index (χ0n) is 10.3. The minimum absolute atomic E-state index is 0.547. The fraction of sp³-hybridized carbons (Fsp3) is 0.667. The molecule has 0 aliphatic carbocycles. The number of aryl methyl sites for hydroxylation is 1. The summed E-state index contributed by atoms with van der Waals surface area (Å²) in [6.45, 7) is 7.28. The van der Waals surface area contributed by atoms with Crippen LogP contribution in [0.25, 0.3) is 0 Å². The summed E-state index contributed by atoms with van der Waals surface area (Å²) in [4.78, 5) is 11.1. The van der Waals surface area contributed by atoms with E-state index in [9.17, 15) is 0 Å². The third kappa shape index (κ3) is 3.83. The molecule has 0 radical (unpaired) electrons. The van der Waals surface area contributed by atoms with Crippen molar-refractivity contribution in [3.63, 3.8) is 0 Å². The molecule has 1 unspecified atom stereocenters. The minimum Gasteiger partial charge on any atom is -0.294 e. The van der Waals surface area contributed by atoms with Gasteiger partial charge in [0.15, 0.2) is 0 Å². The monoisotopic (exact) mass is 271 g/mol. The van der Waals surface area contributed by atoms with Gasteiger partial charge in [0.2, 0.25) is 0 Å². The molecule has 1 aromatic rings. The summed E-state index contributed by atoms with van der Waals surface area (Å²) in [5, 5.41) is 1.30. The average molecular weight is 272 g/mol. The van der Waals surface area contributed by atoms with Crippen molar-refractivity contribution in [3.05, 3.63) is 22.7 Å². The zero-order valence-corrected chi connectivity index (χ0v) is 11.9. The van der Waals surface area contributed by atoms with Crippen molar-refractivity contribution in [3.8, 4) is 0 Å². The third-order valence-corrected chi connectivity index (χ3v) is 4.48. The van der Waals surface area contributed by atoms with Crippen LogP contribution in [-0.4, -0.2) is 39.0 Å². The van der Waals surface area contributed by atoms with E-state index in [1.54, 1.807) is 6.07 Å². The van der Waals surface area contributed by atoms with Crippen LogP contribution in [0.4, 0.5) is 0 Å². The van der Waals surface area contributed by atoms with Gasteiger partial charge in [-0.25, -0.2) is 9.97 Å². The van der Waals surface area contributed by atoms with E-state index in [1.807, 2.05) is 6.92 Å². The van der Waals surface area contributed by atoms with E-state index in [1.165, 1.54) is 12.2 Å². The predicted molar refractivity (Wildman–Crippen MR) is 73.6 cm³/mol. The molecule has 0 aromatic carbocycles. The Bertz CT molecular complexity index is 366. The van der Waals surface area contributed by atoms with Gasteiger partial charge in [0, 0.05) is 29.8 Å². The number of rotatable bonds is 3. The summed E-state index contributed by atoms with van der Waals surface area (Å²) in [6.07, 6.45) is 1.23. The number of hydrogen-bond donors (Lipinski definition) is 0. The predicted octanol–water partition coefficient (Wildman–Crippen LogP) is 2.77. The van der Waals surface area contributed by atoms with Crippen LogP contribution in [0.1, 0.15) is 24.9 Å². The van der Waals surface area contributed by atoms with Gasteiger partial charge in [-0.1, -0.05) is 18.5 Å². The Balaban J connectivity index is 2.00. The quantitative estimate of drug-likeness (QED) is 0.791. The molecule has 1 aromatic heterocycles. The maximum Gasteiger partial charge on any atom is 0.144 e. The smallest absolute Gasteiger partial charge is 0.144 e. The maximum absolute atomic E-state index is 5.95. The van der Waals surface area contributed by atoms with Crippen LogP contribution in [0.2, 0.25) is 5.15 Å². The van der Waals surface area contributed by atoms with Gasteiger partial charge in [-0.15, -0.1) is 0 Å². The van der Waals surface area contributed by atoms with E-state index in [0.29, 0.717) is 5.15 Å². The molecule has 5 heteroatoms. The highest BCUT2D eigenvalue weighted by atomic mass is 35.5. The molecule has 0 saturated carbocycles. The molecular formula is C12H18ClN3S. The molecule has 94 valence electrons. The first-order chi connectivity index (χ1) is 8.17. The SMILES string of the molecule is CCC1CN(Cc2nc(C)cc(Cl)n2)CCS1. The van der Waals surface area contributed by atoms with Gasteiger partial charge < -0.3 is 0 Å². The van der Waals surface area contributed by atoms with Crippen LogP contribution in [0.15, 0.2) is 6.07 Å². The van der Waals surface area contributed by atoms with Crippen LogP contribution < -0.4 is 0 Å².